The molecular weight excluding hydrogens is 428 g/mol. The highest BCUT2D eigenvalue weighted by Crippen LogP contribution is 2.30. The number of fused-ring (bicyclic) bond motifs is 1. The first-order valence-electron chi connectivity index (χ1n) is 11.1. The third-order valence-corrected chi connectivity index (χ3v) is 5.48. The Hall–Kier alpha value is -3.00. The molecule has 4 rings (SSSR count). The molecule has 33 heavy (non-hydrogen) atoms. The van der Waals surface area contributed by atoms with E-state index in [0.29, 0.717) is 19.8 Å². The molecule has 1 aliphatic rings. The summed E-state index contributed by atoms with van der Waals surface area (Å²) in [4.78, 5) is 0. The molecule has 0 amide bonds. The normalized spacial score (nSPS) is 13.8. The van der Waals surface area contributed by atoms with Crippen molar-refractivity contribution < 1.29 is 33.4 Å². The Balaban J connectivity index is 1.27. The van der Waals surface area contributed by atoms with Gasteiger partial charge in [0.2, 0.25) is 0 Å². The third-order valence-electron chi connectivity index (χ3n) is 5.48. The minimum atomic E-state index is -0.686. The smallest absolute Gasteiger partial charge is 0.161 e. The zero-order valence-corrected chi connectivity index (χ0v) is 18.3. The summed E-state index contributed by atoms with van der Waals surface area (Å²) in [5, 5.41) is 12.5. The van der Waals surface area contributed by atoms with Gasteiger partial charge in [0.05, 0.1) is 13.2 Å². The quantitative estimate of drug-likeness (QED) is 0.461. The fraction of sp³-hybridized carbons (Fsp3) is 0.308. The highest BCUT2D eigenvalue weighted by molar-refractivity contribution is 5.43. The average Bonchev–Trinajstić information content (AvgIpc) is 2.84. The van der Waals surface area contributed by atoms with Crippen LogP contribution in [0.3, 0.4) is 0 Å². The zero-order chi connectivity index (χ0) is 23.0. The van der Waals surface area contributed by atoms with Crippen LogP contribution in [0, 0.1) is 11.6 Å². The Labute approximate surface area is 191 Å². The second kappa shape index (κ2) is 11.2. The summed E-state index contributed by atoms with van der Waals surface area (Å²) >= 11 is 0. The highest BCUT2D eigenvalue weighted by atomic mass is 19.1. The number of benzene rings is 3. The molecule has 3 aromatic rings. The van der Waals surface area contributed by atoms with Crippen LogP contribution in [0.1, 0.15) is 22.8 Å². The van der Waals surface area contributed by atoms with Crippen LogP contribution in [0.25, 0.3) is 0 Å². The third kappa shape index (κ3) is 6.51. The Morgan fingerprint density at radius 3 is 2.09 bits per heavy atom. The van der Waals surface area contributed by atoms with E-state index in [2.05, 4.69) is 0 Å². The Kier molecular flexibility index (Phi) is 7.88. The van der Waals surface area contributed by atoms with Crippen molar-refractivity contribution in [1.82, 2.24) is 0 Å². The fourth-order valence-electron chi connectivity index (χ4n) is 3.76. The van der Waals surface area contributed by atoms with Crippen molar-refractivity contribution in [1.29, 1.82) is 0 Å². The van der Waals surface area contributed by atoms with Gasteiger partial charge in [0.15, 0.2) is 11.5 Å². The van der Waals surface area contributed by atoms with E-state index in [1.54, 1.807) is 24.3 Å². The van der Waals surface area contributed by atoms with E-state index in [-0.39, 0.29) is 18.2 Å². The lowest BCUT2D eigenvalue weighted by Gasteiger charge is -2.21. The molecule has 0 radical (unpaired) electrons. The van der Waals surface area contributed by atoms with Crippen LogP contribution >= 0.6 is 0 Å². The number of halogens is 2. The molecule has 7 heteroatoms. The molecule has 0 saturated carbocycles. The van der Waals surface area contributed by atoms with Gasteiger partial charge in [-0.1, -0.05) is 30.3 Å². The number of ether oxygens (including phenoxy) is 3. The van der Waals surface area contributed by atoms with Crippen LogP contribution in [0.2, 0.25) is 0 Å². The molecule has 0 fully saturated rings. The fourth-order valence-corrected chi connectivity index (χ4v) is 3.76. The molecule has 1 aliphatic heterocycles. The Morgan fingerprint density at radius 1 is 0.848 bits per heavy atom. The first-order valence-corrected chi connectivity index (χ1v) is 11.1. The number of aliphatic hydroxyl groups excluding tert-OH is 1. The maximum Gasteiger partial charge on any atom is 0.161 e. The van der Waals surface area contributed by atoms with Crippen molar-refractivity contribution in [3.8, 4) is 11.5 Å². The number of quaternary nitrogens is 1. The lowest BCUT2D eigenvalue weighted by atomic mass is 10.0. The molecule has 5 nitrogen and oxygen atoms in total. The van der Waals surface area contributed by atoms with Crippen LogP contribution in [-0.2, 0) is 11.2 Å². The van der Waals surface area contributed by atoms with Crippen molar-refractivity contribution in [2.24, 2.45) is 0 Å². The predicted octanol–water partition coefficient (Wildman–Crippen LogP) is 3.01. The van der Waals surface area contributed by atoms with E-state index in [1.165, 1.54) is 24.3 Å². The van der Waals surface area contributed by atoms with E-state index >= 15 is 0 Å². The molecule has 1 atom stereocenters. The van der Waals surface area contributed by atoms with Crippen LogP contribution in [0.4, 0.5) is 8.78 Å². The first kappa shape index (κ1) is 23.2. The van der Waals surface area contributed by atoms with Crippen molar-refractivity contribution in [2.45, 2.75) is 18.6 Å². The van der Waals surface area contributed by atoms with Gasteiger partial charge in [-0.25, -0.2) is 8.78 Å². The highest BCUT2D eigenvalue weighted by Gasteiger charge is 2.18. The van der Waals surface area contributed by atoms with Crippen molar-refractivity contribution >= 4 is 0 Å². The minimum Gasteiger partial charge on any atom is -0.486 e. The standard InChI is InChI=1S/C26H27F2NO4/c27-21-6-2-19(3-7-21)26(20-4-8-22(28)9-5-20)33-17-23(30)16-29-12-11-18-1-10-24-25(15-18)32-14-13-31-24/h1-10,15,23,26,29-30H,11-14,16-17H2/p+1/t23-/m1/s1. The monoisotopic (exact) mass is 456 g/mol. The van der Waals surface area contributed by atoms with E-state index in [0.717, 1.165) is 41.2 Å². The molecule has 174 valence electrons. The summed E-state index contributed by atoms with van der Waals surface area (Å²) < 4.78 is 43.8. The second-order valence-electron chi connectivity index (χ2n) is 8.01. The SMILES string of the molecule is O[C@H](C[NH2+]CCc1ccc2c(c1)OCCO2)COC(c1ccc(F)cc1)c1ccc(F)cc1. The van der Waals surface area contributed by atoms with Gasteiger partial charge >= 0.3 is 0 Å². The largest absolute Gasteiger partial charge is 0.486 e. The van der Waals surface area contributed by atoms with Crippen LogP contribution in [0.5, 0.6) is 11.5 Å². The van der Waals surface area contributed by atoms with Crippen LogP contribution < -0.4 is 14.8 Å². The second-order valence-corrected chi connectivity index (χ2v) is 8.01. The zero-order valence-electron chi connectivity index (χ0n) is 18.3. The summed E-state index contributed by atoms with van der Waals surface area (Å²) in [7, 11) is 0. The van der Waals surface area contributed by atoms with Gasteiger partial charge in [0, 0.05) is 6.42 Å². The molecule has 0 aromatic heterocycles. The van der Waals surface area contributed by atoms with Crippen molar-refractivity contribution in [3.05, 3.63) is 95.1 Å². The molecule has 3 N–H and O–H groups in total. The summed E-state index contributed by atoms with van der Waals surface area (Å²) in [6.45, 7) is 2.51. The van der Waals surface area contributed by atoms with Crippen molar-refractivity contribution in [2.75, 3.05) is 32.9 Å². The molecule has 0 spiro atoms. The van der Waals surface area contributed by atoms with Gasteiger partial charge in [0.25, 0.3) is 0 Å². The number of hydrogen-bond donors (Lipinski definition) is 2. The average molecular weight is 457 g/mol. The maximum absolute atomic E-state index is 13.4. The Bertz CT molecular complexity index is 982. The molecule has 0 saturated heterocycles. The van der Waals surface area contributed by atoms with Gasteiger partial charge in [0.1, 0.15) is 43.6 Å². The van der Waals surface area contributed by atoms with E-state index in [1.807, 2.05) is 23.5 Å². The number of hydrogen-bond acceptors (Lipinski definition) is 4. The molecule has 0 aliphatic carbocycles. The lowest BCUT2D eigenvalue weighted by Crippen LogP contribution is -2.87. The maximum atomic E-state index is 13.4. The van der Waals surface area contributed by atoms with Gasteiger partial charge in [-0.2, -0.15) is 0 Å². The summed E-state index contributed by atoms with van der Waals surface area (Å²) in [5.41, 5.74) is 2.62. The van der Waals surface area contributed by atoms with E-state index in [9.17, 15) is 13.9 Å². The van der Waals surface area contributed by atoms with Gasteiger partial charge < -0.3 is 24.6 Å². The van der Waals surface area contributed by atoms with E-state index in [4.69, 9.17) is 14.2 Å². The minimum absolute atomic E-state index is 0.0972. The molecule has 3 aromatic carbocycles. The predicted molar refractivity (Wildman–Crippen MR) is 119 cm³/mol. The number of rotatable bonds is 10. The van der Waals surface area contributed by atoms with Crippen molar-refractivity contribution in [3.63, 3.8) is 0 Å². The lowest BCUT2D eigenvalue weighted by molar-refractivity contribution is -0.660. The first-order chi connectivity index (χ1) is 16.1. The Morgan fingerprint density at radius 2 is 1.45 bits per heavy atom. The van der Waals surface area contributed by atoms with Gasteiger partial charge in [-0.3, -0.25) is 0 Å². The summed E-state index contributed by atoms with van der Waals surface area (Å²) in [6, 6.07) is 17.9. The number of aliphatic hydroxyl groups is 1. The number of nitrogens with two attached hydrogens (primary N) is 1. The molecule has 0 unspecified atom stereocenters. The molecular formula is C26H28F2NO4+. The summed E-state index contributed by atoms with van der Waals surface area (Å²) in [5.74, 6) is 0.867. The topological polar surface area (TPSA) is 64.5 Å². The van der Waals surface area contributed by atoms with Gasteiger partial charge in [-0.05, 0) is 53.1 Å². The van der Waals surface area contributed by atoms with Gasteiger partial charge in [-0.15, -0.1) is 0 Å². The summed E-state index contributed by atoms with van der Waals surface area (Å²) in [6.07, 6.45) is -0.384. The van der Waals surface area contributed by atoms with E-state index < -0.39 is 12.2 Å². The molecule has 1 heterocycles. The van der Waals surface area contributed by atoms with Crippen LogP contribution in [0.15, 0.2) is 66.7 Å². The van der Waals surface area contributed by atoms with Crippen LogP contribution in [-0.4, -0.2) is 44.1 Å². The molecule has 0 bridgehead atoms.